The average molecular weight is 272 g/mol. The van der Waals surface area contributed by atoms with Gasteiger partial charge in [0.2, 0.25) is 0 Å². The lowest BCUT2D eigenvalue weighted by atomic mass is 9.75. The van der Waals surface area contributed by atoms with Crippen molar-refractivity contribution in [3.8, 4) is 0 Å². The van der Waals surface area contributed by atoms with E-state index in [1.807, 2.05) is 19.0 Å². The number of carbonyl (C=O) groups is 2. The molecule has 6 nitrogen and oxygen atoms in total. The first kappa shape index (κ1) is 15.8. The van der Waals surface area contributed by atoms with Crippen molar-refractivity contribution in [2.45, 2.75) is 26.2 Å². The van der Waals surface area contributed by atoms with E-state index in [0.717, 1.165) is 6.54 Å². The normalized spacial score (nSPS) is 18.4. The summed E-state index contributed by atoms with van der Waals surface area (Å²) in [6, 6.07) is 0. The number of nitrogens with zero attached hydrogens (tertiary/aromatic N) is 2. The van der Waals surface area contributed by atoms with Crippen LogP contribution >= 0.6 is 0 Å². The number of esters is 1. The molecule has 1 fully saturated rings. The first-order valence-corrected chi connectivity index (χ1v) is 6.71. The van der Waals surface area contributed by atoms with E-state index in [-0.39, 0.29) is 5.97 Å². The molecule has 110 valence electrons. The lowest BCUT2D eigenvalue weighted by Gasteiger charge is -2.39. The van der Waals surface area contributed by atoms with Gasteiger partial charge in [0.15, 0.2) is 0 Å². The van der Waals surface area contributed by atoms with Crippen LogP contribution in [-0.2, 0) is 9.53 Å². The summed E-state index contributed by atoms with van der Waals surface area (Å²) in [6.07, 6.45) is 0.898. The smallest absolute Gasteiger partial charge is 0.407 e. The quantitative estimate of drug-likeness (QED) is 0.763. The summed E-state index contributed by atoms with van der Waals surface area (Å²) in [5.74, 6) is -0.179. The number of carbonyl (C=O) groups excluding carboxylic acids is 1. The van der Waals surface area contributed by atoms with E-state index in [9.17, 15) is 9.59 Å². The molecule has 0 saturated carbocycles. The van der Waals surface area contributed by atoms with Crippen LogP contribution in [-0.4, -0.2) is 67.3 Å². The Bertz CT molecular complexity index is 323. The SMILES string of the molecule is CCOC(=O)C1(CCN(C)C)CCN(C(=O)O)CC1. The van der Waals surface area contributed by atoms with E-state index >= 15 is 0 Å². The zero-order chi connectivity index (χ0) is 14.5. The Morgan fingerprint density at radius 2 is 1.89 bits per heavy atom. The summed E-state index contributed by atoms with van der Waals surface area (Å²) in [6.45, 7) is 3.77. The van der Waals surface area contributed by atoms with E-state index < -0.39 is 11.5 Å². The van der Waals surface area contributed by atoms with Gasteiger partial charge in [-0.05, 0) is 46.8 Å². The molecule has 1 saturated heterocycles. The molecule has 1 amide bonds. The van der Waals surface area contributed by atoms with E-state index in [1.54, 1.807) is 6.92 Å². The van der Waals surface area contributed by atoms with Gasteiger partial charge in [0.05, 0.1) is 12.0 Å². The number of rotatable bonds is 5. The van der Waals surface area contributed by atoms with Crippen molar-refractivity contribution in [3.05, 3.63) is 0 Å². The van der Waals surface area contributed by atoms with Gasteiger partial charge in [0, 0.05) is 13.1 Å². The number of amides is 1. The largest absolute Gasteiger partial charge is 0.466 e. The summed E-state index contributed by atoms with van der Waals surface area (Å²) in [7, 11) is 3.93. The zero-order valence-electron chi connectivity index (χ0n) is 12.0. The molecule has 0 atom stereocenters. The fraction of sp³-hybridized carbons (Fsp3) is 0.846. The molecule has 1 heterocycles. The molecule has 0 aromatic rings. The molecular formula is C13H24N2O4. The molecule has 0 aliphatic carbocycles. The Morgan fingerprint density at radius 1 is 1.32 bits per heavy atom. The highest BCUT2D eigenvalue weighted by Gasteiger charge is 2.43. The van der Waals surface area contributed by atoms with Gasteiger partial charge in [0.25, 0.3) is 0 Å². The molecule has 1 aliphatic heterocycles. The third-order valence-electron chi connectivity index (χ3n) is 3.74. The number of ether oxygens (including phenoxy) is 1. The second kappa shape index (κ2) is 6.75. The topological polar surface area (TPSA) is 70.1 Å². The molecule has 6 heteroatoms. The molecule has 0 aromatic heterocycles. The maximum absolute atomic E-state index is 12.2. The third-order valence-corrected chi connectivity index (χ3v) is 3.74. The molecule has 0 radical (unpaired) electrons. The van der Waals surface area contributed by atoms with Crippen molar-refractivity contribution in [3.63, 3.8) is 0 Å². The van der Waals surface area contributed by atoms with Crippen LogP contribution in [0.25, 0.3) is 0 Å². The first-order valence-electron chi connectivity index (χ1n) is 6.71. The van der Waals surface area contributed by atoms with Gasteiger partial charge in [-0.3, -0.25) is 4.79 Å². The Balaban J connectivity index is 2.72. The van der Waals surface area contributed by atoms with Crippen LogP contribution in [0, 0.1) is 5.41 Å². The molecule has 0 spiro atoms. The van der Waals surface area contributed by atoms with Crippen molar-refractivity contribution in [2.24, 2.45) is 5.41 Å². The minimum atomic E-state index is -0.912. The van der Waals surface area contributed by atoms with Gasteiger partial charge in [-0.15, -0.1) is 0 Å². The first-order chi connectivity index (χ1) is 8.91. The standard InChI is InChI=1S/C13H24N2O4/c1-4-19-11(16)13(5-8-14(2)3)6-9-15(10-7-13)12(17)18/h4-10H2,1-3H3,(H,17,18). The predicted molar refractivity (Wildman–Crippen MR) is 71.1 cm³/mol. The van der Waals surface area contributed by atoms with E-state index in [1.165, 1.54) is 4.90 Å². The van der Waals surface area contributed by atoms with Crippen LogP contribution < -0.4 is 0 Å². The maximum atomic E-state index is 12.2. The number of hydrogen-bond acceptors (Lipinski definition) is 4. The van der Waals surface area contributed by atoms with Crippen molar-refractivity contribution < 1.29 is 19.4 Å². The Labute approximate surface area is 114 Å². The van der Waals surface area contributed by atoms with Gasteiger partial charge in [-0.25, -0.2) is 4.79 Å². The third kappa shape index (κ3) is 4.09. The zero-order valence-corrected chi connectivity index (χ0v) is 12.0. The van der Waals surface area contributed by atoms with Crippen LogP contribution in [0.1, 0.15) is 26.2 Å². The predicted octanol–water partition coefficient (Wildman–Crippen LogP) is 1.26. The number of hydrogen-bond donors (Lipinski definition) is 1. The molecule has 1 N–H and O–H groups in total. The Kier molecular flexibility index (Phi) is 5.60. The lowest BCUT2D eigenvalue weighted by Crippen LogP contribution is -2.47. The molecule has 1 rings (SSSR count). The number of carboxylic acid groups (broad SMARTS) is 1. The van der Waals surface area contributed by atoms with E-state index in [2.05, 4.69) is 0 Å². The monoisotopic (exact) mass is 272 g/mol. The maximum Gasteiger partial charge on any atom is 0.407 e. The Morgan fingerprint density at radius 3 is 2.32 bits per heavy atom. The fourth-order valence-corrected chi connectivity index (χ4v) is 2.40. The van der Waals surface area contributed by atoms with Crippen LogP contribution in [0.4, 0.5) is 4.79 Å². The lowest BCUT2D eigenvalue weighted by molar-refractivity contribution is -0.159. The van der Waals surface area contributed by atoms with E-state index in [4.69, 9.17) is 9.84 Å². The molecule has 1 aliphatic rings. The Hall–Kier alpha value is -1.30. The second-order valence-electron chi connectivity index (χ2n) is 5.32. The van der Waals surface area contributed by atoms with E-state index in [0.29, 0.717) is 39.0 Å². The molecule has 0 bridgehead atoms. The fourth-order valence-electron chi connectivity index (χ4n) is 2.40. The minimum Gasteiger partial charge on any atom is -0.466 e. The van der Waals surface area contributed by atoms with Crippen LogP contribution in [0.3, 0.4) is 0 Å². The van der Waals surface area contributed by atoms with Crippen LogP contribution in [0.2, 0.25) is 0 Å². The van der Waals surface area contributed by atoms with Crippen molar-refractivity contribution in [1.29, 1.82) is 0 Å². The van der Waals surface area contributed by atoms with Gasteiger partial charge in [0.1, 0.15) is 0 Å². The van der Waals surface area contributed by atoms with Crippen molar-refractivity contribution in [2.75, 3.05) is 40.3 Å². The molecule has 19 heavy (non-hydrogen) atoms. The highest BCUT2D eigenvalue weighted by Crippen LogP contribution is 2.36. The van der Waals surface area contributed by atoms with Gasteiger partial charge in [-0.2, -0.15) is 0 Å². The van der Waals surface area contributed by atoms with Gasteiger partial charge in [-0.1, -0.05) is 0 Å². The van der Waals surface area contributed by atoms with Gasteiger partial charge >= 0.3 is 12.1 Å². The van der Waals surface area contributed by atoms with Crippen LogP contribution in [0.5, 0.6) is 0 Å². The summed E-state index contributed by atoms with van der Waals surface area (Å²) in [5, 5.41) is 8.97. The molecule has 0 aromatic carbocycles. The molecular weight excluding hydrogens is 248 g/mol. The highest BCUT2D eigenvalue weighted by atomic mass is 16.5. The van der Waals surface area contributed by atoms with Crippen LogP contribution in [0.15, 0.2) is 0 Å². The van der Waals surface area contributed by atoms with Gasteiger partial charge < -0.3 is 19.6 Å². The minimum absolute atomic E-state index is 0.179. The molecule has 0 unspecified atom stereocenters. The average Bonchev–Trinajstić information content (AvgIpc) is 2.37. The summed E-state index contributed by atoms with van der Waals surface area (Å²) in [5.41, 5.74) is -0.522. The van der Waals surface area contributed by atoms with Crippen molar-refractivity contribution in [1.82, 2.24) is 9.80 Å². The summed E-state index contributed by atoms with van der Waals surface area (Å²) < 4.78 is 5.19. The second-order valence-corrected chi connectivity index (χ2v) is 5.32. The summed E-state index contributed by atoms with van der Waals surface area (Å²) in [4.78, 5) is 26.5. The van der Waals surface area contributed by atoms with Crippen molar-refractivity contribution >= 4 is 12.1 Å². The number of likely N-dealkylation sites (tertiary alicyclic amines) is 1. The highest BCUT2D eigenvalue weighted by molar-refractivity contribution is 5.77. The number of piperidine rings is 1. The summed E-state index contributed by atoms with van der Waals surface area (Å²) >= 11 is 0.